The molecular formula is C16H26F3N3O. The molecule has 3 aliphatic rings. The van der Waals surface area contributed by atoms with E-state index in [2.05, 4.69) is 5.32 Å². The Morgan fingerprint density at radius 2 is 1.91 bits per heavy atom. The number of amides is 1. The van der Waals surface area contributed by atoms with Gasteiger partial charge in [-0.15, -0.1) is 0 Å². The van der Waals surface area contributed by atoms with Crippen LogP contribution in [0.15, 0.2) is 0 Å². The van der Waals surface area contributed by atoms with Crippen LogP contribution in [0.1, 0.15) is 44.9 Å². The van der Waals surface area contributed by atoms with E-state index in [1.165, 1.54) is 11.3 Å². The summed E-state index contributed by atoms with van der Waals surface area (Å²) in [4.78, 5) is 13.6. The Morgan fingerprint density at radius 1 is 1.26 bits per heavy atom. The molecule has 2 unspecified atom stereocenters. The maximum Gasteiger partial charge on any atom is 0.401 e. The van der Waals surface area contributed by atoms with Crippen LogP contribution in [0, 0.1) is 11.3 Å². The first kappa shape index (κ1) is 17.0. The van der Waals surface area contributed by atoms with Gasteiger partial charge in [0.15, 0.2) is 0 Å². The van der Waals surface area contributed by atoms with Crippen LogP contribution in [0.4, 0.5) is 13.2 Å². The minimum Gasteiger partial charge on any atom is -0.353 e. The van der Waals surface area contributed by atoms with Crippen molar-refractivity contribution in [1.82, 2.24) is 10.2 Å². The number of hydrogen-bond acceptors (Lipinski definition) is 3. The SMILES string of the molecule is NC1CC(NC(=O)CC2CCN(CC(F)(F)F)CC2)C12CCC2. The number of alkyl halides is 3. The van der Waals surface area contributed by atoms with E-state index in [9.17, 15) is 18.0 Å². The summed E-state index contributed by atoms with van der Waals surface area (Å²) in [5.74, 6) is 0.244. The Labute approximate surface area is 135 Å². The van der Waals surface area contributed by atoms with Gasteiger partial charge in [-0.05, 0) is 51.1 Å². The lowest BCUT2D eigenvalue weighted by atomic mass is 9.50. The highest BCUT2D eigenvalue weighted by Crippen LogP contribution is 2.55. The van der Waals surface area contributed by atoms with Crippen LogP contribution in [0.25, 0.3) is 0 Å². The van der Waals surface area contributed by atoms with Crippen molar-refractivity contribution >= 4 is 5.91 Å². The van der Waals surface area contributed by atoms with Gasteiger partial charge in [0.1, 0.15) is 0 Å². The molecule has 3 fully saturated rings. The predicted molar refractivity (Wildman–Crippen MR) is 80.6 cm³/mol. The van der Waals surface area contributed by atoms with Crippen LogP contribution in [0.3, 0.4) is 0 Å². The second-order valence-electron chi connectivity index (χ2n) is 7.59. The van der Waals surface area contributed by atoms with Crippen molar-refractivity contribution in [2.75, 3.05) is 19.6 Å². The highest BCUT2D eigenvalue weighted by atomic mass is 19.4. The topological polar surface area (TPSA) is 58.4 Å². The summed E-state index contributed by atoms with van der Waals surface area (Å²) in [5.41, 5.74) is 6.23. The molecule has 1 aliphatic heterocycles. The van der Waals surface area contributed by atoms with Crippen LogP contribution in [0.5, 0.6) is 0 Å². The smallest absolute Gasteiger partial charge is 0.353 e. The Balaban J connectivity index is 1.38. The molecule has 1 spiro atoms. The third-order valence-electron chi connectivity index (χ3n) is 6.13. The average Bonchev–Trinajstić information content (AvgIpc) is 2.36. The molecule has 0 bridgehead atoms. The molecule has 0 radical (unpaired) electrons. The van der Waals surface area contributed by atoms with Crippen molar-refractivity contribution in [3.63, 3.8) is 0 Å². The van der Waals surface area contributed by atoms with Crippen molar-refractivity contribution in [2.24, 2.45) is 17.1 Å². The van der Waals surface area contributed by atoms with Gasteiger partial charge in [0.2, 0.25) is 5.91 Å². The molecule has 0 aromatic carbocycles. The maximum absolute atomic E-state index is 12.4. The van der Waals surface area contributed by atoms with Crippen molar-refractivity contribution in [3.8, 4) is 0 Å². The number of nitrogens with zero attached hydrogens (tertiary/aromatic N) is 1. The Bertz CT molecular complexity index is 442. The van der Waals surface area contributed by atoms with Crippen LogP contribution in [-0.4, -0.2) is 48.7 Å². The second-order valence-corrected chi connectivity index (χ2v) is 7.59. The molecule has 2 saturated carbocycles. The van der Waals surface area contributed by atoms with Gasteiger partial charge in [-0.3, -0.25) is 9.69 Å². The van der Waals surface area contributed by atoms with Crippen LogP contribution >= 0.6 is 0 Å². The summed E-state index contributed by atoms with van der Waals surface area (Å²) < 4.78 is 37.1. The molecule has 1 amide bonds. The first-order valence-corrected chi connectivity index (χ1v) is 8.62. The third kappa shape index (κ3) is 3.65. The zero-order valence-corrected chi connectivity index (χ0v) is 13.4. The van der Waals surface area contributed by atoms with Crippen LogP contribution in [0.2, 0.25) is 0 Å². The monoisotopic (exact) mass is 333 g/mol. The minimum atomic E-state index is -4.13. The fourth-order valence-electron chi connectivity index (χ4n) is 4.45. The van der Waals surface area contributed by atoms with E-state index in [-0.39, 0.29) is 29.3 Å². The summed E-state index contributed by atoms with van der Waals surface area (Å²) in [6.45, 7) is 0.0137. The molecule has 0 aromatic heterocycles. The van der Waals surface area contributed by atoms with Crippen LogP contribution < -0.4 is 11.1 Å². The molecule has 1 saturated heterocycles. The van der Waals surface area contributed by atoms with Crippen molar-refractivity contribution in [3.05, 3.63) is 0 Å². The fraction of sp³-hybridized carbons (Fsp3) is 0.938. The molecule has 2 aliphatic carbocycles. The Kier molecular flexibility index (Phi) is 4.62. The average molecular weight is 333 g/mol. The van der Waals surface area contributed by atoms with Gasteiger partial charge in [0, 0.05) is 23.9 Å². The van der Waals surface area contributed by atoms with Gasteiger partial charge in [0.05, 0.1) is 6.54 Å². The number of likely N-dealkylation sites (tertiary alicyclic amines) is 1. The number of carbonyl (C=O) groups is 1. The van der Waals surface area contributed by atoms with Crippen molar-refractivity contribution < 1.29 is 18.0 Å². The highest BCUT2D eigenvalue weighted by Gasteiger charge is 2.57. The largest absolute Gasteiger partial charge is 0.401 e. The maximum atomic E-state index is 12.4. The molecule has 2 atom stereocenters. The molecule has 0 aromatic rings. The molecule has 132 valence electrons. The Morgan fingerprint density at radius 3 is 2.39 bits per heavy atom. The first-order chi connectivity index (χ1) is 10.8. The second kappa shape index (κ2) is 6.24. The van der Waals surface area contributed by atoms with Crippen molar-refractivity contribution in [2.45, 2.75) is 63.2 Å². The van der Waals surface area contributed by atoms with Gasteiger partial charge in [-0.1, -0.05) is 6.42 Å². The number of nitrogens with two attached hydrogens (primary N) is 1. The highest BCUT2D eigenvalue weighted by molar-refractivity contribution is 5.76. The van der Waals surface area contributed by atoms with E-state index >= 15 is 0 Å². The van der Waals surface area contributed by atoms with Gasteiger partial charge in [0.25, 0.3) is 0 Å². The van der Waals surface area contributed by atoms with Gasteiger partial charge < -0.3 is 11.1 Å². The quantitative estimate of drug-likeness (QED) is 0.828. The molecular weight excluding hydrogens is 307 g/mol. The van der Waals surface area contributed by atoms with Gasteiger partial charge in [-0.2, -0.15) is 13.2 Å². The molecule has 3 N–H and O–H groups in total. The van der Waals surface area contributed by atoms with E-state index < -0.39 is 12.7 Å². The number of nitrogens with one attached hydrogen (secondary N) is 1. The Hall–Kier alpha value is -0.820. The molecule has 7 heteroatoms. The molecule has 1 heterocycles. The van der Waals surface area contributed by atoms with E-state index in [1.807, 2.05) is 0 Å². The summed E-state index contributed by atoms with van der Waals surface area (Å²) in [6, 6.07) is 0.427. The normalized spacial score (nSPS) is 31.5. The van der Waals surface area contributed by atoms with E-state index in [1.54, 1.807) is 0 Å². The van der Waals surface area contributed by atoms with Gasteiger partial charge in [-0.25, -0.2) is 0 Å². The lowest BCUT2D eigenvalue weighted by molar-refractivity contribution is -0.149. The summed E-state index contributed by atoms with van der Waals surface area (Å²) in [6.07, 6.45) is 1.89. The number of hydrogen-bond donors (Lipinski definition) is 2. The number of carbonyl (C=O) groups excluding carboxylic acids is 1. The lowest BCUT2D eigenvalue weighted by Gasteiger charge is -2.60. The number of halogens is 3. The summed E-state index contributed by atoms with van der Waals surface area (Å²) in [7, 11) is 0. The third-order valence-corrected chi connectivity index (χ3v) is 6.13. The minimum absolute atomic E-state index is 0.0439. The van der Waals surface area contributed by atoms with Gasteiger partial charge >= 0.3 is 6.18 Å². The van der Waals surface area contributed by atoms with Crippen molar-refractivity contribution in [1.29, 1.82) is 0 Å². The number of piperidine rings is 1. The summed E-state index contributed by atoms with van der Waals surface area (Å²) in [5, 5.41) is 3.12. The predicted octanol–water partition coefficient (Wildman–Crippen LogP) is 2.04. The molecule has 23 heavy (non-hydrogen) atoms. The van der Waals surface area contributed by atoms with E-state index in [4.69, 9.17) is 5.73 Å². The fourth-order valence-corrected chi connectivity index (χ4v) is 4.45. The molecule has 3 rings (SSSR count). The first-order valence-electron chi connectivity index (χ1n) is 8.62. The van der Waals surface area contributed by atoms with E-state index in [0.29, 0.717) is 32.4 Å². The summed E-state index contributed by atoms with van der Waals surface area (Å²) >= 11 is 0. The standard InChI is InChI=1S/C16H26F3N3O/c17-16(18,19)10-22-6-2-11(3-7-22)8-14(23)21-13-9-12(20)15(13)4-1-5-15/h11-13H,1-10,20H2,(H,21,23). The zero-order valence-electron chi connectivity index (χ0n) is 13.4. The number of rotatable bonds is 4. The molecule has 4 nitrogen and oxygen atoms in total. The zero-order chi connectivity index (χ0) is 16.7. The lowest BCUT2D eigenvalue weighted by Crippen LogP contribution is -2.69. The van der Waals surface area contributed by atoms with E-state index in [0.717, 1.165) is 19.3 Å². The van der Waals surface area contributed by atoms with Crippen LogP contribution in [-0.2, 0) is 4.79 Å².